The van der Waals surface area contributed by atoms with Gasteiger partial charge in [-0.25, -0.2) is 0 Å². The van der Waals surface area contributed by atoms with Crippen LogP contribution in [0.4, 0.5) is 11.4 Å². The second-order valence-corrected chi connectivity index (χ2v) is 5.01. The fourth-order valence-corrected chi connectivity index (χ4v) is 2.60. The largest absolute Gasteiger partial charge is 1.00 e. The van der Waals surface area contributed by atoms with Crippen molar-refractivity contribution in [2.24, 2.45) is 0 Å². The Morgan fingerprint density at radius 1 is 1.00 bits per heavy atom. The van der Waals surface area contributed by atoms with Crippen LogP contribution in [0, 0.1) is 20.2 Å². The van der Waals surface area contributed by atoms with Gasteiger partial charge < -0.3 is 12.4 Å². The van der Waals surface area contributed by atoms with Crippen molar-refractivity contribution in [2.45, 2.75) is 4.90 Å². The summed E-state index contributed by atoms with van der Waals surface area (Å²) in [6, 6.07) is 7.97. The summed E-state index contributed by atoms with van der Waals surface area (Å²) in [4.78, 5) is 20.0. The highest BCUT2D eigenvalue weighted by Crippen LogP contribution is 2.26. The van der Waals surface area contributed by atoms with E-state index in [1.165, 1.54) is 16.4 Å². The van der Waals surface area contributed by atoms with Crippen molar-refractivity contribution in [3.05, 3.63) is 69.0 Å². The van der Waals surface area contributed by atoms with Crippen LogP contribution in [0.2, 0.25) is 0 Å². The van der Waals surface area contributed by atoms with Crippen LogP contribution >= 0.6 is 0 Å². The minimum Gasteiger partial charge on any atom is -1.00 e. The molecular formula is C11H8ClN3O5S. The van der Waals surface area contributed by atoms with Crippen LogP contribution in [0.25, 0.3) is 0 Å². The molecule has 2 aromatic rings. The monoisotopic (exact) mass is 329 g/mol. The smallest absolute Gasteiger partial charge is 0.328 e. The van der Waals surface area contributed by atoms with Crippen molar-refractivity contribution in [3.8, 4) is 0 Å². The average Bonchev–Trinajstić information content (AvgIpc) is 2.46. The lowest BCUT2D eigenvalue weighted by molar-refractivity contribution is -0.504. The molecule has 0 aliphatic heterocycles. The SMILES string of the molecule is O=[N+]([O-])c1ccc(S(=O)[n+]2ccccc2)c([N+](=O)[O-])c1.[Cl-]. The fraction of sp³-hybridized carbons (Fsp3) is 0. The van der Waals surface area contributed by atoms with Crippen molar-refractivity contribution < 1.29 is 30.4 Å². The first-order valence-corrected chi connectivity index (χ1v) is 6.43. The van der Waals surface area contributed by atoms with E-state index >= 15 is 0 Å². The highest BCUT2D eigenvalue weighted by Gasteiger charge is 2.28. The Kier molecular flexibility index (Phi) is 5.44. The Hall–Kier alpha value is -2.39. The highest BCUT2D eigenvalue weighted by molar-refractivity contribution is 7.78. The molecule has 0 fully saturated rings. The molecule has 1 unspecified atom stereocenters. The molecule has 21 heavy (non-hydrogen) atoms. The molecule has 1 atom stereocenters. The number of nitrogens with zero attached hydrogens (tertiary/aromatic N) is 3. The molecule has 0 aliphatic rings. The summed E-state index contributed by atoms with van der Waals surface area (Å²) in [5, 5.41) is 21.6. The van der Waals surface area contributed by atoms with Crippen LogP contribution in [0.15, 0.2) is 53.7 Å². The van der Waals surface area contributed by atoms with E-state index in [9.17, 15) is 24.4 Å². The van der Waals surface area contributed by atoms with Crippen molar-refractivity contribution >= 4 is 22.4 Å². The van der Waals surface area contributed by atoms with Crippen LogP contribution in [0.5, 0.6) is 0 Å². The standard InChI is InChI=1S/C11H8N3O5S.ClH/c15-13(16)9-4-5-11(10(8-9)14(17)18)20(19)12-6-2-1-3-7-12;/h1-8H;1H/q+1;/p-1. The Bertz CT molecular complexity index is 710. The van der Waals surface area contributed by atoms with Crippen LogP contribution in [-0.4, -0.2) is 14.1 Å². The van der Waals surface area contributed by atoms with Crippen molar-refractivity contribution in [3.63, 3.8) is 0 Å². The summed E-state index contributed by atoms with van der Waals surface area (Å²) >= 11 is 0. The van der Waals surface area contributed by atoms with Gasteiger partial charge in [0.2, 0.25) is 0 Å². The summed E-state index contributed by atoms with van der Waals surface area (Å²) in [6.07, 6.45) is 2.97. The molecule has 8 nitrogen and oxygen atoms in total. The minimum absolute atomic E-state index is 0. The first kappa shape index (κ1) is 16.7. The normalized spacial score (nSPS) is 11.2. The summed E-state index contributed by atoms with van der Waals surface area (Å²) in [6.45, 7) is 0. The third-order valence-electron chi connectivity index (χ3n) is 2.42. The Balaban J connectivity index is 0.00000220. The Morgan fingerprint density at radius 3 is 2.14 bits per heavy atom. The van der Waals surface area contributed by atoms with Gasteiger partial charge in [0.05, 0.1) is 15.9 Å². The third-order valence-corrected chi connectivity index (χ3v) is 3.77. The third kappa shape index (κ3) is 3.58. The van der Waals surface area contributed by atoms with Gasteiger partial charge in [0.25, 0.3) is 11.4 Å². The molecule has 10 heteroatoms. The molecule has 1 aromatic heterocycles. The number of nitro benzene ring substituents is 2. The predicted octanol–water partition coefficient (Wildman–Crippen LogP) is -1.63. The van der Waals surface area contributed by atoms with Gasteiger partial charge >= 0.3 is 11.0 Å². The van der Waals surface area contributed by atoms with E-state index in [2.05, 4.69) is 0 Å². The topological polar surface area (TPSA) is 107 Å². The number of aromatic nitrogens is 1. The molecule has 0 bridgehead atoms. The summed E-state index contributed by atoms with van der Waals surface area (Å²) in [7, 11) is -1.85. The van der Waals surface area contributed by atoms with Crippen LogP contribution in [0.1, 0.15) is 0 Å². The summed E-state index contributed by atoms with van der Waals surface area (Å²) < 4.78 is 13.5. The molecule has 1 aromatic carbocycles. The number of hydrogen-bond donors (Lipinski definition) is 0. The maximum atomic E-state index is 12.3. The molecule has 2 rings (SSSR count). The Morgan fingerprint density at radius 2 is 1.62 bits per heavy atom. The number of pyridine rings is 1. The van der Waals surface area contributed by atoms with E-state index in [1.807, 2.05) is 0 Å². The van der Waals surface area contributed by atoms with Crippen LogP contribution in [-0.2, 0) is 11.0 Å². The van der Waals surface area contributed by atoms with E-state index < -0.39 is 32.2 Å². The first-order valence-electron chi connectivity index (χ1n) is 5.32. The van der Waals surface area contributed by atoms with Crippen molar-refractivity contribution in [1.29, 1.82) is 0 Å². The molecule has 0 aliphatic carbocycles. The van der Waals surface area contributed by atoms with Gasteiger partial charge in [-0.05, 0) is 6.07 Å². The summed E-state index contributed by atoms with van der Waals surface area (Å²) in [5.74, 6) is 0. The maximum absolute atomic E-state index is 12.3. The molecule has 0 saturated carbocycles. The van der Waals surface area contributed by atoms with Gasteiger partial charge in [-0.2, -0.15) is 4.21 Å². The van der Waals surface area contributed by atoms with E-state index in [1.54, 1.807) is 18.2 Å². The van der Waals surface area contributed by atoms with Gasteiger partial charge in [-0.15, -0.1) is 3.97 Å². The molecular weight excluding hydrogens is 322 g/mol. The number of non-ortho nitro benzene ring substituents is 1. The lowest BCUT2D eigenvalue weighted by atomic mass is 10.3. The van der Waals surface area contributed by atoms with Gasteiger partial charge in [-0.1, -0.05) is 6.07 Å². The number of benzene rings is 1. The lowest BCUT2D eigenvalue weighted by Crippen LogP contribution is -3.00. The van der Waals surface area contributed by atoms with Crippen molar-refractivity contribution in [1.82, 2.24) is 0 Å². The number of hydrogen-bond acceptors (Lipinski definition) is 5. The fourth-order valence-electron chi connectivity index (χ4n) is 1.52. The number of nitro groups is 2. The molecule has 110 valence electrons. The van der Waals surface area contributed by atoms with E-state index in [0.29, 0.717) is 0 Å². The molecule has 0 spiro atoms. The maximum Gasteiger partial charge on any atom is 0.328 e. The number of halogens is 1. The van der Waals surface area contributed by atoms with Gasteiger partial charge in [0.15, 0.2) is 17.3 Å². The van der Waals surface area contributed by atoms with E-state index in [-0.39, 0.29) is 17.3 Å². The zero-order valence-electron chi connectivity index (χ0n) is 10.3. The van der Waals surface area contributed by atoms with Gasteiger partial charge in [0, 0.05) is 18.2 Å². The highest BCUT2D eigenvalue weighted by atomic mass is 35.5. The molecule has 0 amide bonds. The second kappa shape index (κ2) is 6.86. The summed E-state index contributed by atoms with van der Waals surface area (Å²) in [5.41, 5.74) is -0.968. The number of rotatable bonds is 4. The van der Waals surface area contributed by atoms with Gasteiger partial charge in [0.1, 0.15) is 0 Å². The van der Waals surface area contributed by atoms with Crippen LogP contribution < -0.4 is 16.4 Å². The zero-order chi connectivity index (χ0) is 14.7. The predicted molar refractivity (Wildman–Crippen MR) is 68.2 cm³/mol. The molecule has 0 saturated heterocycles. The van der Waals surface area contributed by atoms with Gasteiger partial charge in [-0.3, -0.25) is 20.2 Å². The zero-order valence-corrected chi connectivity index (χ0v) is 11.9. The Labute approximate surface area is 127 Å². The van der Waals surface area contributed by atoms with E-state index in [0.717, 1.165) is 18.2 Å². The molecule has 0 N–H and O–H groups in total. The van der Waals surface area contributed by atoms with E-state index in [4.69, 9.17) is 0 Å². The van der Waals surface area contributed by atoms with Crippen LogP contribution in [0.3, 0.4) is 0 Å². The quantitative estimate of drug-likeness (QED) is 0.380. The minimum atomic E-state index is -1.85. The van der Waals surface area contributed by atoms with Crippen molar-refractivity contribution in [2.75, 3.05) is 0 Å². The molecule has 0 radical (unpaired) electrons. The second-order valence-electron chi connectivity index (χ2n) is 3.65. The lowest BCUT2D eigenvalue weighted by Gasteiger charge is -1.99. The molecule has 1 heterocycles. The average molecular weight is 330 g/mol. The first-order chi connectivity index (χ1) is 9.50.